The summed E-state index contributed by atoms with van der Waals surface area (Å²) in [6.07, 6.45) is 3.01. The second-order valence-corrected chi connectivity index (χ2v) is 2.00. The summed E-state index contributed by atoms with van der Waals surface area (Å²) in [4.78, 5) is 13.2. The van der Waals surface area contributed by atoms with Crippen molar-refractivity contribution in [1.29, 1.82) is 0 Å². The van der Waals surface area contributed by atoms with Crippen molar-refractivity contribution < 1.29 is 4.79 Å². The summed E-state index contributed by atoms with van der Waals surface area (Å²) < 4.78 is 0. The van der Waals surface area contributed by atoms with Gasteiger partial charge in [0.25, 0.3) is 0 Å². The average Bonchev–Trinajstić information content (AvgIpc) is 2.03. The Bertz CT molecular complexity index is 279. The Morgan fingerprint density at radius 1 is 1.45 bits per heavy atom. The molecule has 1 rings (SSSR count). The van der Waals surface area contributed by atoms with E-state index in [2.05, 4.69) is 18.1 Å². The number of carbonyl (C=O) groups excluding carboxylic acids is 1. The quantitative estimate of drug-likeness (QED) is 0.456. The lowest BCUT2D eigenvalue weighted by Gasteiger charge is -1.94. The molecule has 1 amide bonds. The van der Waals surface area contributed by atoms with Crippen LogP contribution in [0.3, 0.4) is 0 Å². The lowest BCUT2D eigenvalue weighted by atomic mass is 10.1. The maximum atomic E-state index is 9.84. The Labute approximate surface area is 65.6 Å². The highest BCUT2D eigenvalue weighted by Gasteiger charge is 1.90. The van der Waals surface area contributed by atoms with Crippen LogP contribution >= 0.6 is 0 Å². The SMILES string of the molecule is [CH2]c1ccccc1[C]=NC=O. The van der Waals surface area contributed by atoms with Gasteiger partial charge in [-0.05, 0) is 12.5 Å². The number of carbonyl (C=O) groups is 1. The highest BCUT2D eigenvalue weighted by atomic mass is 16.1. The smallest absolute Gasteiger partial charge is 0.233 e. The molecule has 0 aliphatic rings. The standard InChI is InChI=1S/C9H7NO/c1-8-4-2-3-5-9(8)6-10-7-11/h2-5,7H,1H2. The minimum Gasteiger partial charge on any atom is -0.276 e. The molecule has 0 fully saturated rings. The van der Waals surface area contributed by atoms with Gasteiger partial charge in [-0.2, -0.15) is 0 Å². The van der Waals surface area contributed by atoms with Gasteiger partial charge in [0.1, 0.15) is 6.21 Å². The molecule has 2 nitrogen and oxygen atoms in total. The van der Waals surface area contributed by atoms with Gasteiger partial charge in [0.2, 0.25) is 6.41 Å². The number of rotatable bonds is 2. The van der Waals surface area contributed by atoms with E-state index < -0.39 is 0 Å². The fourth-order valence-corrected chi connectivity index (χ4v) is 0.725. The summed E-state index contributed by atoms with van der Waals surface area (Å²) in [6.45, 7) is 3.73. The number of hydrogen-bond donors (Lipinski definition) is 0. The molecule has 0 heterocycles. The fourth-order valence-electron chi connectivity index (χ4n) is 0.725. The van der Waals surface area contributed by atoms with Crippen LogP contribution in [0.2, 0.25) is 0 Å². The second-order valence-electron chi connectivity index (χ2n) is 2.00. The van der Waals surface area contributed by atoms with Gasteiger partial charge in [0.05, 0.1) is 0 Å². The first-order chi connectivity index (χ1) is 5.34. The van der Waals surface area contributed by atoms with Crippen LogP contribution in [0.4, 0.5) is 0 Å². The molecule has 1 aromatic rings. The largest absolute Gasteiger partial charge is 0.276 e. The van der Waals surface area contributed by atoms with E-state index in [1.54, 1.807) is 6.07 Å². The topological polar surface area (TPSA) is 29.4 Å². The summed E-state index contributed by atoms with van der Waals surface area (Å²) in [5.74, 6) is 0. The molecule has 0 atom stereocenters. The van der Waals surface area contributed by atoms with Crippen LogP contribution in [0.1, 0.15) is 11.1 Å². The van der Waals surface area contributed by atoms with Gasteiger partial charge in [-0.3, -0.25) is 4.79 Å². The zero-order valence-electron chi connectivity index (χ0n) is 5.95. The van der Waals surface area contributed by atoms with Crippen molar-refractivity contribution in [3.63, 3.8) is 0 Å². The van der Waals surface area contributed by atoms with Gasteiger partial charge >= 0.3 is 0 Å². The van der Waals surface area contributed by atoms with E-state index in [1.807, 2.05) is 18.2 Å². The molecule has 2 radical (unpaired) electrons. The molecule has 0 unspecified atom stereocenters. The lowest BCUT2D eigenvalue weighted by Crippen LogP contribution is -1.85. The molecule has 2 heteroatoms. The predicted molar refractivity (Wildman–Crippen MR) is 43.5 cm³/mol. The maximum Gasteiger partial charge on any atom is 0.233 e. The van der Waals surface area contributed by atoms with Crippen molar-refractivity contribution in [2.45, 2.75) is 0 Å². The zero-order chi connectivity index (χ0) is 8.10. The van der Waals surface area contributed by atoms with E-state index in [0.29, 0.717) is 6.41 Å². The molecule has 0 N–H and O–H groups in total. The van der Waals surface area contributed by atoms with Crippen LogP contribution in [0, 0.1) is 6.92 Å². The Morgan fingerprint density at radius 2 is 2.18 bits per heavy atom. The van der Waals surface area contributed by atoms with Crippen LogP contribution in [0.15, 0.2) is 29.3 Å². The first-order valence-corrected chi connectivity index (χ1v) is 3.15. The van der Waals surface area contributed by atoms with E-state index in [9.17, 15) is 4.79 Å². The molecule has 0 saturated heterocycles. The number of aliphatic imine (C=N–C) groups is 1. The monoisotopic (exact) mass is 145 g/mol. The molecule has 54 valence electrons. The van der Waals surface area contributed by atoms with Crippen molar-refractivity contribution >= 4 is 12.6 Å². The third-order valence-corrected chi connectivity index (χ3v) is 1.26. The van der Waals surface area contributed by atoms with Gasteiger partial charge in [0.15, 0.2) is 0 Å². The van der Waals surface area contributed by atoms with E-state index in [0.717, 1.165) is 11.1 Å². The van der Waals surface area contributed by atoms with Crippen LogP contribution in [-0.4, -0.2) is 12.6 Å². The number of benzene rings is 1. The first kappa shape index (κ1) is 7.66. The van der Waals surface area contributed by atoms with Gasteiger partial charge in [-0.1, -0.05) is 24.3 Å². The van der Waals surface area contributed by atoms with Crippen molar-refractivity contribution in [1.82, 2.24) is 0 Å². The summed E-state index contributed by atoms with van der Waals surface area (Å²) in [6, 6.07) is 7.35. The molecule has 0 saturated carbocycles. The van der Waals surface area contributed by atoms with Gasteiger partial charge in [-0.25, -0.2) is 4.99 Å². The first-order valence-electron chi connectivity index (χ1n) is 3.15. The van der Waals surface area contributed by atoms with Gasteiger partial charge < -0.3 is 0 Å². The highest BCUT2D eigenvalue weighted by Crippen LogP contribution is 2.02. The van der Waals surface area contributed by atoms with Crippen LogP contribution in [0.25, 0.3) is 0 Å². The number of nitrogens with zero attached hydrogens (tertiary/aromatic N) is 1. The normalized spacial score (nSPS) is 10.3. The Hall–Kier alpha value is -1.44. The Morgan fingerprint density at radius 3 is 2.82 bits per heavy atom. The maximum absolute atomic E-state index is 9.84. The average molecular weight is 145 g/mol. The fraction of sp³-hybridized carbons (Fsp3) is 0. The summed E-state index contributed by atoms with van der Waals surface area (Å²) >= 11 is 0. The molecular weight excluding hydrogens is 138 g/mol. The van der Waals surface area contributed by atoms with Crippen molar-refractivity contribution in [3.05, 3.63) is 42.3 Å². The predicted octanol–water partition coefficient (Wildman–Crippen LogP) is 1.32. The van der Waals surface area contributed by atoms with Crippen molar-refractivity contribution in [3.8, 4) is 0 Å². The molecular formula is C9H7NO. The van der Waals surface area contributed by atoms with E-state index in [1.165, 1.54) is 0 Å². The molecule has 0 bridgehead atoms. The third-order valence-electron chi connectivity index (χ3n) is 1.26. The molecule has 0 aromatic heterocycles. The summed E-state index contributed by atoms with van der Waals surface area (Å²) in [5, 5.41) is 0. The Balaban J connectivity index is 2.94. The van der Waals surface area contributed by atoms with E-state index >= 15 is 0 Å². The number of amides is 1. The van der Waals surface area contributed by atoms with Crippen LogP contribution in [-0.2, 0) is 4.79 Å². The Kier molecular flexibility index (Phi) is 2.55. The van der Waals surface area contributed by atoms with Crippen molar-refractivity contribution in [2.24, 2.45) is 4.99 Å². The summed E-state index contributed by atoms with van der Waals surface area (Å²) in [5.41, 5.74) is 1.57. The van der Waals surface area contributed by atoms with E-state index in [4.69, 9.17) is 0 Å². The second kappa shape index (κ2) is 3.66. The van der Waals surface area contributed by atoms with Crippen LogP contribution in [0.5, 0.6) is 0 Å². The number of hydrogen-bond acceptors (Lipinski definition) is 1. The van der Waals surface area contributed by atoms with E-state index in [-0.39, 0.29) is 0 Å². The molecule has 1 aromatic carbocycles. The van der Waals surface area contributed by atoms with Gasteiger partial charge in [-0.15, -0.1) is 0 Å². The highest BCUT2D eigenvalue weighted by molar-refractivity contribution is 5.86. The third kappa shape index (κ3) is 2.00. The van der Waals surface area contributed by atoms with Crippen LogP contribution < -0.4 is 0 Å². The lowest BCUT2D eigenvalue weighted by molar-refractivity contribution is -0.106. The minimum absolute atomic E-state index is 0.451. The zero-order valence-corrected chi connectivity index (χ0v) is 5.95. The molecule has 0 aliphatic heterocycles. The minimum atomic E-state index is 0.451. The molecule has 0 aliphatic carbocycles. The summed E-state index contributed by atoms with van der Waals surface area (Å²) in [7, 11) is 0. The molecule has 0 spiro atoms. The molecule has 11 heavy (non-hydrogen) atoms. The van der Waals surface area contributed by atoms with Crippen molar-refractivity contribution in [2.75, 3.05) is 0 Å². The van der Waals surface area contributed by atoms with Gasteiger partial charge in [0, 0.05) is 5.56 Å².